The first-order valence-corrected chi connectivity index (χ1v) is 8.02. The zero-order chi connectivity index (χ0) is 16.3. The maximum atomic E-state index is 5.56. The molecule has 3 rings (SSSR count). The lowest BCUT2D eigenvalue weighted by molar-refractivity contribution is 0.250. The van der Waals surface area contributed by atoms with Crippen LogP contribution in [0.1, 0.15) is 24.8 Å². The molecule has 5 heteroatoms. The summed E-state index contributed by atoms with van der Waals surface area (Å²) in [6.45, 7) is 0.824. The molecule has 0 unspecified atom stereocenters. The average molecular weight is 312 g/mol. The van der Waals surface area contributed by atoms with Crippen LogP contribution in [-0.4, -0.2) is 37.7 Å². The van der Waals surface area contributed by atoms with Gasteiger partial charge in [0.15, 0.2) is 0 Å². The van der Waals surface area contributed by atoms with Gasteiger partial charge in [0.05, 0.1) is 7.11 Å². The van der Waals surface area contributed by atoms with Gasteiger partial charge in [0.25, 0.3) is 0 Å². The quantitative estimate of drug-likeness (QED) is 0.888. The molecule has 0 spiro atoms. The van der Waals surface area contributed by atoms with E-state index >= 15 is 0 Å². The topological polar surface area (TPSA) is 50.3 Å². The molecule has 1 aromatic carbocycles. The fraction of sp³-hybridized carbons (Fsp3) is 0.444. The molecule has 1 N–H and O–H groups in total. The third-order valence-corrected chi connectivity index (χ3v) is 4.67. The minimum absolute atomic E-state index is 0.115. The Balaban J connectivity index is 1.79. The van der Waals surface area contributed by atoms with Crippen LogP contribution in [0.25, 0.3) is 0 Å². The zero-order valence-corrected chi connectivity index (χ0v) is 14.0. The maximum absolute atomic E-state index is 5.56. The second kappa shape index (κ2) is 6.44. The summed E-state index contributed by atoms with van der Waals surface area (Å²) in [7, 11) is 5.70. The van der Waals surface area contributed by atoms with Crippen LogP contribution in [0.2, 0.25) is 0 Å². The molecule has 0 saturated heterocycles. The van der Waals surface area contributed by atoms with Crippen molar-refractivity contribution in [2.75, 3.05) is 38.0 Å². The van der Waals surface area contributed by atoms with E-state index in [-0.39, 0.29) is 5.41 Å². The predicted molar refractivity (Wildman–Crippen MR) is 93.4 cm³/mol. The van der Waals surface area contributed by atoms with Gasteiger partial charge >= 0.3 is 0 Å². The second-order valence-corrected chi connectivity index (χ2v) is 6.32. The Morgan fingerprint density at radius 2 is 2.00 bits per heavy atom. The number of rotatable bonds is 6. The molecule has 122 valence electrons. The molecule has 1 aromatic heterocycles. The summed E-state index contributed by atoms with van der Waals surface area (Å²) in [6.07, 6.45) is 5.36. The molecule has 0 aliphatic heterocycles. The largest absolute Gasteiger partial charge is 0.496 e. The minimum Gasteiger partial charge on any atom is -0.496 e. The summed E-state index contributed by atoms with van der Waals surface area (Å²) in [6, 6.07) is 10.2. The van der Waals surface area contributed by atoms with Crippen molar-refractivity contribution in [1.29, 1.82) is 0 Å². The fourth-order valence-corrected chi connectivity index (χ4v) is 3.16. The molecule has 0 amide bonds. The molecular weight excluding hydrogens is 288 g/mol. The van der Waals surface area contributed by atoms with E-state index < -0.39 is 0 Å². The second-order valence-electron chi connectivity index (χ2n) is 6.32. The number of anilines is 2. The maximum Gasteiger partial charge on any atom is 0.224 e. The van der Waals surface area contributed by atoms with Crippen LogP contribution in [0.15, 0.2) is 36.5 Å². The summed E-state index contributed by atoms with van der Waals surface area (Å²) < 4.78 is 5.56. The highest BCUT2D eigenvalue weighted by Crippen LogP contribution is 2.47. The molecule has 0 radical (unpaired) electrons. The SMILES string of the molecule is COc1ccccc1C1(CNc2nccc(N(C)C)n2)CCC1. The smallest absolute Gasteiger partial charge is 0.224 e. The zero-order valence-electron chi connectivity index (χ0n) is 14.0. The predicted octanol–water partition coefficient (Wildman–Crippen LogP) is 3.09. The lowest BCUT2D eigenvalue weighted by atomic mass is 9.64. The summed E-state index contributed by atoms with van der Waals surface area (Å²) in [5, 5.41) is 3.43. The van der Waals surface area contributed by atoms with Gasteiger partial charge in [0.1, 0.15) is 11.6 Å². The van der Waals surface area contributed by atoms with Crippen molar-refractivity contribution in [1.82, 2.24) is 9.97 Å². The standard InChI is InChI=1S/C18H24N4O/c1-22(2)16-9-12-19-17(21-16)20-13-18(10-6-11-18)14-7-4-5-8-15(14)23-3/h4-5,7-9,12H,6,10-11,13H2,1-3H3,(H,19,20,21). The van der Waals surface area contributed by atoms with Gasteiger partial charge in [-0.25, -0.2) is 4.98 Å². The van der Waals surface area contributed by atoms with Crippen molar-refractivity contribution in [3.05, 3.63) is 42.1 Å². The number of hydrogen-bond donors (Lipinski definition) is 1. The van der Waals surface area contributed by atoms with Crippen LogP contribution >= 0.6 is 0 Å². The first-order chi connectivity index (χ1) is 11.1. The number of nitrogens with one attached hydrogen (secondary N) is 1. The van der Waals surface area contributed by atoms with Crippen molar-refractivity contribution in [2.45, 2.75) is 24.7 Å². The first kappa shape index (κ1) is 15.6. The number of methoxy groups -OCH3 is 1. The van der Waals surface area contributed by atoms with Gasteiger partial charge in [-0.15, -0.1) is 0 Å². The van der Waals surface area contributed by atoms with E-state index in [1.807, 2.05) is 37.2 Å². The van der Waals surface area contributed by atoms with E-state index in [2.05, 4.69) is 27.4 Å². The van der Waals surface area contributed by atoms with Gasteiger partial charge in [0.2, 0.25) is 5.95 Å². The molecule has 1 aliphatic carbocycles. The Hall–Kier alpha value is -2.30. The first-order valence-electron chi connectivity index (χ1n) is 8.02. The molecule has 1 fully saturated rings. The van der Waals surface area contributed by atoms with Crippen molar-refractivity contribution in [2.24, 2.45) is 0 Å². The lowest BCUT2D eigenvalue weighted by Gasteiger charge is -2.43. The average Bonchev–Trinajstić information content (AvgIpc) is 2.54. The Kier molecular flexibility index (Phi) is 4.37. The van der Waals surface area contributed by atoms with E-state index in [4.69, 9.17) is 4.74 Å². The minimum atomic E-state index is 0.115. The molecule has 23 heavy (non-hydrogen) atoms. The van der Waals surface area contributed by atoms with Gasteiger partial charge in [0, 0.05) is 37.8 Å². The number of hydrogen-bond acceptors (Lipinski definition) is 5. The van der Waals surface area contributed by atoms with Crippen LogP contribution in [0.3, 0.4) is 0 Å². The van der Waals surface area contributed by atoms with Gasteiger partial charge in [-0.2, -0.15) is 4.98 Å². The number of aromatic nitrogens is 2. The summed E-state index contributed by atoms with van der Waals surface area (Å²) in [4.78, 5) is 10.9. The van der Waals surface area contributed by atoms with Gasteiger partial charge in [-0.3, -0.25) is 0 Å². The molecule has 5 nitrogen and oxygen atoms in total. The monoisotopic (exact) mass is 312 g/mol. The third kappa shape index (κ3) is 3.09. The van der Waals surface area contributed by atoms with E-state index in [0.29, 0.717) is 5.95 Å². The molecule has 0 bridgehead atoms. The highest BCUT2D eigenvalue weighted by molar-refractivity contribution is 5.45. The van der Waals surface area contributed by atoms with Crippen molar-refractivity contribution in [3.8, 4) is 5.75 Å². The van der Waals surface area contributed by atoms with E-state index in [1.165, 1.54) is 12.0 Å². The number of nitrogens with zero attached hydrogens (tertiary/aromatic N) is 3. The van der Waals surface area contributed by atoms with Crippen LogP contribution in [0, 0.1) is 0 Å². The number of para-hydroxylation sites is 1. The normalized spacial score (nSPS) is 15.6. The molecule has 2 aromatic rings. The molecular formula is C18H24N4O. The highest BCUT2D eigenvalue weighted by Gasteiger charge is 2.40. The molecule has 1 aliphatic rings. The molecule has 1 saturated carbocycles. The number of benzene rings is 1. The Morgan fingerprint density at radius 3 is 2.65 bits per heavy atom. The van der Waals surface area contributed by atoms with Crippen LogP contribution < -0.4 is 15.0 Å². The van der Waals surface area contributed by atoms with E-state index in [1.54, 1.807) is 13.3 Å². The Bertz CT molecular complexity index is 668. The molecule has 0 atom stereocenters. The van der Waals surface area contributed by atoms with Crippen molar-refractivity contribution < 1.29 is 4.74 Å². The summed E-state index contributed by atoms with van der Waals surface area (Å²) in [5.74, 6) is 2.55. The summed E-state index contributed by atoms with van der Waals surface area (Å²) in [5.41, 5.74) is 1.40. The van der Waals surface area contributed by atoms with Crippen LogP contribution in [0.4, 0.5) is 11.8 Å². The van der Waals surface area contributed by atoms with Gasteiger partial charge in [-0.1, -0.05) is 24.6 Å². The third-order valence-electron chi connectivity index (χ3n) is 4.67. The Labute approximate surface area is 137 Å². The van der Waals surface area contributed by atoms with Crippen molar-refractivity contribution in [3.63, 3.8) is 0 Å². The molecule has 1 heterocycles. The number of ether oxygens (including phenoxy) is 1. The lowest BCUT2D eigenvalue weighted by Crippen LogP contribution is -2.41. The van der Waals surface area contributed by atoms with Gasteiger partial charge in [-0.05, 0) is 25.0 Å². The summed E-state index contributed by atoms with van der Waals surface area (Å²) >= 11 is 0. The van der Waals surface area contributed by atoms with E-state index in [9.17, 15) is 0 Å². The van der Waals surface area contributed by atoms with Crippen LogP contribution in [0.5, 0.6) is 5.75 Å². The highest BCUT2D eigenvalue weighted by atomic mass is 16.5. The fourth-order valence-electron chi connectivity index (χ4n) is 3.16. The van der Waals surface area contributed by atoms with Crippen LogP contribution in [-0.2, 0) is 5.41 Å². The van der Waals surface area contributed by atoms with E-state index in [0.717, 1.165) is 31.0 Å². The Morgan fingerprint density at radius 1 is 1.22 bits per heavy atom. The van der Waals surface area contributed by atoms with Gasteiger partial charge < -0.3 is 15.0 Å². The van der Waals surface area contributed by atoms with Crippen molar-refractivity contribution >= 4 is 11.8 Å².